The average molecular weight is 450 g/mol. The van der Waals surface area contributed by atoms with Gasteiger partial charge in [0.1, 0.15) is 0 Å². The lowest BCUT2D eigenvalue weighted by Gasteiger charge is -2.31. The fourth-order valence-electron chi connectivity index (χ4n) is 4.58. The van der Waals surface area contributed by atoms with Gasteiger partial charge in [0.25, 0.3) is 5.56 Å². The topological polar surface area (TPSA) is 66.6 Å². The molecule has 32 heavy (non-hydrogen) atoms. The summed E-state index contributed by atoms with van der Waals surface area (Å²) < 4.78 is 10.9. The number of aromatic amines is 1. The van der Waals surface area contributed by atoms with Gasteiger partial charge in [0.2, 0.25) is 6.79 Å². The summed E-state index contributed by atoms with van der Waals surface area (Å²) in [6, 6.07) is 16.4. The van der Waals surface area contributed by atoms with E-state index in [9.17, 15) is 4.79 Å². The van der Waals surface area contributed by atoms with E-state index in [-0.39, 0.29) is 12.4 Å². The molecule has 0 amide bonds. The lowest BCUT2D eigenvalue weighted by Crippen LogP contribution is -2.45. The van der Waals surface area contributed by atoms with Crippen molar-refractivity contribution in [2.75, 3.05) is 13.3 Å². The van der Waals surface area contributed by atoms with Crippen LogP contribution >= 0.6 is 12.2 Å². The van der Waals surface area contributed by atoms with Gasteiger partial charge in [-0.3, -0.25) is 4.79 Å². The van der Waals surface area contributed by atoms with Crippen molar-refractivity contribution in [2.24, 2.45) is 0 Å². The van der Waals surface area contributed by atoms with Crippen LogP contribution in [-0.4, -0.2) is 34.4 Å². The molecule has 1 fully saturated rings. The number of fused-ring (bicyclic) bond motifs is 2. The molecule has 2 aliphatic rings. The van der Waals surface area contributed by atoms with Crippen LogP contribution in [-0.2, 0) is 13.0 Å². The van der Waals surface area contributed by atoms with Gasteiger partial charge in [-0.05, 0) is 49.2 Å². The number of benzene rings is 2. The summed E-state index contributed by atoms with van der Waals surface area (Å²) in [6.45, 7) is 1.46. The van der Waals surface area contributed by atoms with Crippen LogP contribution in [0.15, 0.2) is 53.3 Å². The van der Waals surface area contributed by atoms with Crippen LogP contribution in [0.25, 0.3) is 10.9 Å². The van der Waals surface area contributed by atoms with E-state index in [2.05, 4.69) is 39.5 Å². The van der Waals surface area contributed by atoms with E-state index in [1.165, 1.54) is 18.4 Å². The molecule has 1 saturated carbocycles. The first kappa shape index (κ1) is 20.8. The first-order valence-electron chi connectivity index (χ1n) is 11.2. The Bertz CT molecular complexity index is 1170. The Morgan fingerprint density at radius 3 is 2.62 bits per heavy atom. The molecule has 1 aliphatic heterocycles. The molecule has 3 aromatic rings. The second-order valence-electron chi connectivity index (χ2n) is 8.45. The summed E-state index contributed by atoms with van der Waals surface area (Å²) in [5, 5.41) is 5.08. The number of ether oxygens (including phenoxy) is 2. The van der Waals surface area contributed by atoms with Crippen LogP contribution < -0.4 is 20.3 Å². The molecule has 0 unspecified atom stereocenters. The molecule has 2 aromatic carbocycles. The summed E-state index contributed by atoms with van der Waals surface area (Å²) in [6.07, 6.45) is 5.51. The molecule has 1 aliphatic carbocycles. The fourth-order valence-corrected chi connectivity index (χ4v) is 4.90. The molecule has 5 rings (SSSR count). The predicted octanol–water partition coefficient (Wildman–Crippen LogP) is 4.12. The van der Waals surface area contributed by atoms with E-state index in [1.807, 2.05) is 24.3 Å². The van der Waals surface area contributed by atoms with Crippen molar-refractivity contribution >= 4 is 28.2 Å². The van der Waals surface area contributed by atoms with Crippen molar-refractivity contribution in [3.8, 4) is 11.5 Å². The Balaban J connectivity index is 1.34. The van der Waals surface area contributed by atoms with Crippen LogP contribution in [0.2, 0.25) is 0 Å². The molecule has 7 heteroatoms. The quantitative estimate of drug-likeness (QED) is 0.552. The molecule has 0 atom stereocenters. The minimum atomic E-state index is -0.0913. The van der Waals surface area contributed by atoms with Gasteiger partial charge in [-0.1, -0.05) is 43.2 Å². The first-order valence-corrected chi connectivity index (χ1v) is 11.6. The van der Waals surface area contributed by atoms with Gasteiger partial charge in [-0.25, -0.2) is 0 Å². The molecule has 2 N–H and O–H groups in total. The number of nitrogens with one attached hydrogen (secondary N) is 2. The highest BCUT2D eigenvalue weighted by Gasteiger charge is 2.26. The molecule has 0 saturated heterocycles. The number of thiocarbonyl (C=S) groups is 1. The Labute approximate surface area is 192 Å². The zero-order chi connectivity index (χ0) is 21.9. The standard InChI is InChI=1S/C25H27N3O3S/c29-24-19(12-18-13-22-23(31-16-30-22)14-21(18)27-24)15-28(20-8-4-5-9-20)25(32)26-11-10-17-6-2-1-3-7-17/h1-3,6-7,12-14,20H,4-5,8-11,15-16H2,(H,26,32)(H,27,29). The second-order valence-corrected chi connectivity index (χ2v) is 8.84. The van der Waals surface area contributed by atoms with Gasteiger partial charge in [-0.15, -0.1) is 0 Å². The first-order chi connectivity index (χ1) is 15.7. The number of pyridine rings is 1. The normalized spacial score (nSPS) is 15.2. The van der Waals surface area contributed by atoms with Crippen molar-refractivity contribution in [2.45, 2.75) is 44.7 Å². The minimum absolute atomic E-state index is 0.0913. The molecule has 0 bridgehead atoms. The molecular weight excluding hydrogens is 422 g/mol. The lowest BCUT2D eigenvalue weighted by molar-refractivity contribution is 0.174. The third-order valence-electron chi connectivity index (χ3n) is 6.31. The van der Waals surface area contributed by atoms with Crippen LogP contribution in [0.1, 0.15) is 36.8 Å². The predicted molar refractivity (Wildman–Crippen MR) is 129 cm³/mol. The zero-order valence-electron chi connectivity index (χ0n) is 17.9. The largest absolute Gasteiger partial charge is 0.454 e. The van der Waals surface area contributed by atoms with Crippen LogP contribution in [0.3, 0.4) is 0 Å². The Morgan fingerprint density at radius 2 is 1.84 bits per heavy atom. The van der Waals surface area contributed by atoms with E-state index in [0.717, 1.165) is 41.8 Å². The Morgan fingerprint density at radius 1 is 1.09 bits per heavy atom. The van der Waals surface area contributed by atoms with Gasteiger partial charge in [-0.2, -0.15) is 0 Å². The third kappa shape index (κ3) is 4.43. The van der Waals surface area contributed by atoms with E-state index in [1.54, 1.807) is 0 Å². The van der Waals surface area contributed by atoms with Crippen LogP contribution in [0.4, 0.5) is 0 Å². The number of hydrogen-bond donors (Lipinski definition) is 2. The number of hydrogen-bond acceptors (Lipinski definition) is 4. The summed E-state index contributed by atoms with van der Waals surface area (Å²) in [5.41, 5.74) is 2.64. The molecule has 6 nitrogen and oxygen atoms in total. The van der Waals surface area contributed by atoms with E-state index >= 15 is 0 Å². The monoisotopic (exact) mass is 449 g/mol. The summed E-state index contributed by atoms with van der Waals surface area (Å²) in [5.74, 6) is 1.37. The van der Waals surface area contributed by atoms with Crippen molar-refractivity contribution in [3.63, 3.8) is 0 Å². The molecule has 166 valence electrons. The van der Waals surface area contributed by atoms with E-state index < -0.39 is 0 Å². The van der Waals surface area contributed by atoms with Gasteiger partial charge in [0.15, 0.2) is 16.6 Å². The zero-order valence-corrected chi connectivity index (χ0v) is 18.7. The maximum atomic E-state index is 12.9. The van der Waals surface area contributed by atoms with Crippen molar-refractivity contribution < 1.29 is 9.47 Å². The highest BCUT2D eigenvalue weighted by atomic mass is 32.1. The van der Waals surface area contributed by atoms with Crippen molar-refractivity contribution in [1.29, 1.82) is 0 Å². The number of nitrogens with zero attached hydrogens (tertiary/aromatic N) is 1. The Hall–Kier alpha value is -3.06. The number of H-pyrrole nitrogens is 1. The highest BCUT2D eigenvalue weighted by molar-refractivity contribution is 7.80. The van der Waals surface area contributed by atoms with E-state index in [4.69, 9.17) is 21.7 Å². The minimum Gasteiger partial charge on any atom is -0.454 e. The SMILES string of the molecule is O=c1[nH]c2cc3c(cc2cc1CN(C(=S)NCCc1ccccc1)C1CCCC1)OCO3. The maximum Gasteiger partial charge on any atom is 0.253 e. The Kier molecular flexibility index (Phi) is 5.99. The van der Waals surface area contributed by atoms with Crippen LogP contribution in [0, 0.1) is 0 Å². The van der Waals surface area contributed by atoms with Crippen molar-refractivity contribution in [3.05, 3.63) is 70.0 Å². The summed E-state index contributed by atoms with van der Waals surface area (Å²) in [4.78, 5) is 18.1. The van der Waals surface area contributed by atoms with E-state index in [0.29, 0.717) is 29.6 Å². The second kappa shape index (κ2) is 9.20. The molecule has 2 heterocycles. The third-order valence-corrected chi connectivity index (χ3v) is 6.69. The molecule has 0 radical (unpaired) electrons. The average Bonchev–Trinajstić information content (AvgIpc) is 3.49. The molecular formula is C25H27N3O3S. The summed E-state index contributed by atoms with van der Waals surface area (Å²) >= 11 is 5.80. The maximum absolute atomic E-state index is 12.9. The van der Waals surface area contributed by atoms with Gasteiger partial charge in [0.05, 0.1) is 12.1 Å². The highest BCUT2D eigenvalue weighted by Crippen LogP contribution is 2.35. The van der Waals surface area contributed by atoms with Gasteiger partial charge in [0, 0.05) is 29.6 Å². The fraction of sp³-hybridized carbons (Fsp3) is 0.360. The molecule has 0 spiro atoms. The van der Waals surface area contributed by atoms with Gasteiger partial charge >= 0.3 is 0 Å². The lowest BCUT2D eigenvalue weighted by atomic mass is 10.1. The molecule has 1 aromatic heterocycles. The number of aromatic nitrogens is 1. The number of rotatable bonds is 6. The summed E-state index contributed by atoms with van der Waals surface area (Å²) in [7, 11) is 0. The van der Waals surface area contributed by atoms with Crippen molar-refractivity contribution in [1.82, 2.24) is 15.2 Å². The van der Waals surface area contributed by atoms with Crippen LogP contribution in [0.5, 0.6) is 11.5 Å². The van der Waals surface area contributed by atoms with Gasteiger partial charge < -0.3 is 24.7 Å². The smallest absolute Gasteiger partial charge is 0.253 e.